The van der Waals surface area contributed by atoms with Crippen molar-refractivity contribution in [3.05, 3.63) is 47.8 Å². The highest BCUT2D eigenvalue weighted by Crippen LogP contribution is 2.08. The van der Waals surface area contributed by atoms with Crippen molar-refractivity contribution in [2.75, 3.05) is 0 Å². The first-order valence-corrected chi connectivity index (χ1v) is 3.90. The summed E-state index contributed by atoms with van der Waals surface area (Å²) < 4.78 is 35.5. The van der Waals surface area contributed by atoms with Gasteiger partial charge < -0.3 is 0 Å². The zero-order chi connectivity index (χ0) is 10.4. The predicted octanol–water partition coefficient (Wildman–Crippen LogP) is 3.16. The van der Waals surface area contributed by atoms with E-state index in [1.54, 1.807) is 30.3 Å². The van der Waals surface area contributed by atoms with E-state index >= 15 is 0 Å². The van der Waals surface area contributed by atoms with Crippen molar-refractivity contribution >= 4 is 0 Å². The number of rotatable bonds is 1. The molecule has 0 saturated carbocycles. The van der Waals surface area contributed by atoms with Gasteiger partial charge in [-0.2, -0.15) is 0 Å². The van der Waals surface area contributed by atoms with Crippen molar-refractivity contribution in [1.82, 2.24) is 0 Å². The zero-order valence-electron chi connectivity index (χ0n) is 7.18. The Morgan fingerprint density at radius 1 is 1.21 bits per heavy atom. The summed E-state index contributed by atoms with van der Waals surface area (Å²) in [6.07, 6.45) is -2.50. The standard InChI is InChI=1S/C11H7F3/c12-10(11(13)14)8-4-7-9-5-2-1-3-6-9/h1-3,5-6,8,11H/b10-8-. The van der Waals surface area contributed by atoms with E-state index < -0.39 is 12.3 Å². The summed E-state index contributed by atoms with van der Waals surface area (Å²) in [6.45, 7) is 0. The smallest absolute Gasteiger partial charge is 0.205 e. The Morgan fingerprint density at radius 3 is 2.43 bits per heavy atom. The third-order valence-electron chi connectivity index (χ3n) is 1.41. The highest BCUT2D eigenvalue weighted by Gasteiger charge is 2.07. The second-order valence-corrected chi connectivity index (χ2v) is 2.47. The van der Waals surface area contributed by atoms with Crippen molar-refractivity contribution in [1.29, 1.82) is 0 Å². The van der Waals surface area contributed by atoms with E-state index in [2.05, 4.69) is 11.8 Å². The molecular formula is C11H7F3. The fourth-order valence-corrected chi connectivity index (χ4v) is 0.773. The summed E-state index contributed by atoms with van der Waals surface area (Å²) in [5.74, 6) is 3.24. The van der Waals surface area contributed by atoms with Crippen molar-refractivity contribution in [3.8, 4) is 11.8 Å². The average molecular weight is 196 g/mol. The summed E-state index contributed by atoms with van der Waals surface area (Å²) in [5.41, 5.74) is 0.658. The third-order valence-corrected chi connectivity index (χ3v) is 1.41. The maximum Gasteiger partial charge on any atom is 0.290 e. The second-order valence-electron chi connectivity index (χ2n) is 2.47. The van der Waals surface area contributed by atoms with Crippen LogP contribution in [0.25, 0.3) is 0 Å². The molecule has 0 aromatic heterocycles. The molecule has 0 saturated heterocycles. The lowest BCUT2D eigenvalue weighted by molar-refractivity contribution is 0.159. The lowest BCUT2D eigenvalue weighted by atomic mass is 10.2. The summed E-state index contributed by atoms with van der Waals surface area (Å²) in [5, 5.41) is 0. The van der Waals surface area contributed by atoms with Crippen LogP contribution in [0.5, 0.6) is 0 Å². The average Bonchev–Trinajstić information content (AvgIpc) is 2.19. The SMILES string of the molecule is F/C(=C\C#Cc1ccccc1)C(F)F. The Labute approximate surface area is 80.1 Å². The lowest BCUT2D eigenvalue weighted by Crippen LogP contribution is -1.88. The van der Waals surface area contributed by atoms with E-state index in [1.807, 2.05) is 0 Å². The van der Waals surface area contributed by atoms with Crippen molar-refractivity contribution in [3.63, 3.8) is 0 Å². The molecule has 0 aliphatic carbocycles. The molecule has 0 aliphatic heterocycles. The Balaban J connectivity index is 2.71. The van der Waals surface area contributed by atoms with Gasteiger partial charge in [0.2, 0.25) is 0 Å². The van der Waals surface area contributed by atoms with E-state index in [0.717, 1.165) is 0 Å². The summed E-state index contributed by atoms with van der Waals surface area (Å²) >= 11 is 0. The molecule has 0 nitrogen and oxygen atoms in total. The fourth-order valence-electron chi connectivity index (χ4n) is 0.773. The molecule has 72 valence electrons. The molecule has 14 heavy (non-hydrogen) atoms. The zero-order valence-corrected chi connectivity index (χ0v) is 7.18. The Morgan fingerprint density at radius 2 is 1.86 bits per heavy atom. The summed E-state index contributed by atoms with van der Waals surface area (Å²) in [7, 11) is 0. The molecule has 0 atom stereocenters. The van der Waals surface area contributed by atoms with Gasteiger partial charge in [0.1, 0.15) is 0 Å². The number of benzene rings is 1. The second kappa shape index (κ2) is 5.13. The molecule has 0 spiro atoms. The van der Waals surface area contributed by atoms with E-state index in [9.17, 15) is 13.2 Å². The fraction of sp³-hybridized carbons (Fsp3) is 0.0909. The first-order chi connectivity index (χ1) is 6.70. The molecule has 0 fully saturated rings. The minimum atomic E-state index is -3.08. The van der Waals surface area contributed by atoms with Crippen LogP contribution in [0.2, 0.25) is 0 Å². The number of hydrogen-bond acceptors (Lipinski definition) is 0. The van der Waals surface area contributed by atoms with E-state index in [4.69, 9.17) is 0 Å². The maximum absolute atomic E-state index is 12.2. The predicted molar refractivity (Wildman–Crippen MR) is 48.5 cm³/mol. The van der Waals surface area contributed by atoms with Gasteiger partial charge in [-0.3, -0.25) is 0 Å². The van der Waals surface area contributed by atoms with Crippen LogP contribution in [0, 0.1) is 11.8 Å². The van der Waals surface area contributed by atoms with Gasteiger partial charge in [0.25, 0.3) is 6.43 Å². The van der Waals surface area contributed by atoms with Crippen LogP contribution in [0.4, 0.5) is 13.2 Å². The van der Waals surface area contributed by atoms with Gasteiger partial charge in [-0.25, -0.2) is 13.2 Å². The topological polar surface area (TPSA) is 0 Å². The van der Waals surface area contributed by atoms with Crippen molar-refractivity contribution in [2.24, 2.45) is 0 Å². The molecule has 1 aromatic rings. The van der Waals surface area contributed by atoms with Crippen LogP contribution in [-0.2, 0) is 0 Å². The minimum absolute atomic E-state index is 0.581. The van der Waals surface area contributed by atoms with Crippen LogP contribution in [0.15, 0.2) is 42.2 Å². The van der Waals surface area contributed by atoms with Crippen LogP contribution in [-0.4, -0.2) is 6.43 Å². The highest BCUT2D eigenvalue weighted by atomic mass is 19.3. The van der Waals surface area contributed by atoms with Crippen molar-refractivity contribution in [2.45, 2.75) is 6.43 Å². The van der Waals surface area contributed by atoms with Gasteiger partial charge in [-0.15, -0.1) is 0 Å². The van der Waals surface area contributed by atoms with Gasteiger partial charge in [0.15, 0.2) is 5.83 Å². The Bertz CT molecular complexity index is 369. The van der Waals surface area contributed by atoms with Gasteiger partial charge in [-0.05, 0) is 12.1 Å². The summed E-state index contributed by atoms with van der Waals surface area (Å²) in [4.78, 5) is 0. The van der Waals surface area contributed by atoms with Gasteiger partial charge >= 0.3 is 0 Å². The largest absolute Gasteiger partial charge is 0.290 e. The first-order valence-electron chi connectivity index (χ1n) is 3.90. The van der Waals surface area contributed by atoms with Crippen LogP contribution < -0.4 is 0 Å². The molecular weight excluding hydrogens is 189 g/mol. The van der Waals surface area contributed by atoms with Crippen molar-refractivity contribution < 1.29 is 13.2 Å². The first kappa shape index (κ1) is 10.4. The van der Waals surface area contributed by atoms with E-state index in [1.165, 1.54) is 0 Å². The Kier molecular flexibility index (Phi) is 3.81. The molecule has 0 aliphatic rings. The number of alkyl halides is 2. The van der Waals surface area contributed by atoms with E-state index in [0.29, 0.717) is 11.6 Å². The van der Waals surface area contributed by atoms with Crippen LogP contribution >= 0.6 is 0 Å². The normalized spacial score (nSPS) is 11.0. The van der Waals surface area contributed by atoms with Crippen LogP contribution in [0.1, 0.15) is 5.56 Å². The molecule has 0 bridgehead atoms. The third kappa shape index (κ3) is 3.36. The number of allylic oxidation sites excluding steroid dienone is 2. The number of hydrogen-bond donors (Lipinski definition) is 0. The molecule has 0 N–H and O–H groups in total. The maximum atomic E-state index is 12.2. The summed E-state index contributed by atoms with van der Waals surface area (Å²) in [6, 6.07) is 8.75. The molecule has 0 amide bonds. The molecule has 0 heterocycles. The molecule has 1 aromatic carbocycles. The number of halogens is 3. The monoisotopic (exact) mass is 196 g/mol. The lowest BCUT2D eigenvalue weighted by Gasteiger charge is -1.88. The van der Waals surface area contributed by atoms with E-state index in [-0.39, 0.29) is 0 Å². The van der Waals surface area contributed by atoms with Gasteiger partial charge in [0.05, 0.1) is 0 Å². The van der Waals surface area contributed by atoms with Gasteiger partial charge in [0, 0.05) is 11.6 Å². The highest BCUT2D eigenvalue weighted by molar-refractivity contribution is 5.36. The molecule has 1 rings (SSSR count). The van der Waals surface area contributed by atoms with Crippen LogP contribution in [0.3, 0.4) is 0 Å². The molecule has 0 radical (unpaired) electrons. The quantitative estimate of drug-likeness (QED) is 0.605. The minimum Gasteiger partial charge on any atom is -0.205 e. The molecule has 3 heteroatoms. The Hall–Kier alpha value is -1.69. The van der Waals surface area contributed by atoms with Gasteiger partial charge in [-0.1, -0.05) is 30.0 Å². The molecule has 0 unspecified atom stereocenters.